The van der Waals surface area contributed by atoms with E-state index in [9.17, 15) is 8.42 Å². The van der Waals surface area contributed by atoms with Gasteiger partial charge in [-0.1, -0.05) is 31.2 Å². The van der Waals surface area contributed by atoms with Crippen molar-refractivity contribution in [3.63, 3.8) is 0 Å². The molecule has 0 saturated carbocycles. The van der Waals surface area contributed by atoms with Gasteiger partial charge in [-0.2, -0.15) is 0 Å². The van der Waals surface area contributed by atoms with E-state index in [0.29, 0.717) is 17.9 Å². The molecular weight excluding hydrogens is 360 g/mol. The molecule has 0 amide bonds. The fourth-order valence-corrected chi connectivity index (χ4v) is 4.21. The van der Waals surface area contributed by atoms with Crippen molar-refractivity contribution in [3.8, 4) is 11.5 Å². The summed E-state index contributed by atoms with van der Waals surface area (Å²) in [5.41, 5.74) is 1.44. The lowest BCUT2D eigenvalue weighted by molar-refractivity contribution is 0.482. The summed E-state index contributed by atoms with van der Waals surface area (Å²) in [6.07, 6.45) is 3.91. The predicted octanol–water partition coefficient (Wildman–Crippen LogP) is 4.62. The minimum atomic E-state index is -3.43. The number of sulfonamides is 1. The van der Waals surface area contributed by atoms with Crippen LogP contribution >= 0.6 is 0 Å². The number of aromatic nitrogens is 1. The fourth-order valence-electron chi connectivity index (χ4n) is 2.68. The molecule has 1 heterocycles. The molecule has 1 aromatic heterocycles. The maximum Gasteiger partial charge on any atom is 0.235 e. The van der Waals surface area contributed by atoms with Crippen LogP contribution in [0.3, 0.4) is 0 Å². The Hall–Kier alpha value is -2.86. The van der Waals surface area contributed by atoms with Crippen molar-refractivity contribution in [2.75, 3.05) is 10.1 Å². The first kappa shape index (κ1) is 18.9. The zero-order valence-corrected chi connectivity index (χ0v) is 16.0. The zero-order valence-electron chi connectivity index (χ0n) is 15.2. The standard InChI is InChI=1S/C21H22N2O3S/c1-2-15-27(24,25)23(17-18-7-6-14-22-16-18)19-10-12-21(13-11-19)26-20-8-4-3-5-9-20/h3-14,16H,2,15,17H2,1H3. The van der Waals surface area contributed by atoms with Gasteiger partial charge in [-0.3, -0.25) is 9.29 Å². The molecule has 0 aliphatic carbocycles. The number of rotatable bonds is 8. The van der Waals surface area contributed by atoms with Crippen molar-refractivity contribution in [2.45, 2.75) is 19.9 Å². The number of hydrogen-bond acceptors (Lipinski definition) is 4. The molecule has 0 radical (unpaired) electrons. The second kappa shape index (κ2) is 8.68. The van der Waals surface area contributed by atoms with E-state index in [1.807, 2.05) is 43.3 Å². The summed E-state index contributed by atoms with van der Waals surface area (Å²) >= 11 is 0. The number of hydrogen-bond donors (Lipinski definition) is 0. The first-order valence-corrected chi connectivity index (χ1v) is 10.4. The van der Waals surface area contributed by atoms with Crippen LogP contribution in [0.1, 0.15) is 18.9 Å². The van der Waals surface area contributed by atoms with E-state index < -0.39 is 10.0 Å². The van der Waals surface area contributed by atoms with E-state index >= 15 is 0 Å². The van der Waals surface area contributed by atoms with Crippen molar-refractivity contribution >= 4 is 15.7 Å². The van der Waals surface area contributed by atoms with Crippen LogP contribution in [-0.4, -0.2) is 19.2 Å². The van der Waals surface area contributed by atoms with E-state index in [0.717, 1.165) is 11.3 Å². The molecule has 0 bridgehead atoms. The van der Waals surface area contributed by atoms with Gasteiger partial charge in [-0.05, 0) is 54.4 Å². The maximum atomic E-state index is 12.8. The predicted molar refractivity (Wildman–Crippen MR) is 107 cm³/mol. The Morgan fingerprint density at radius 3 is 2.26 bits per heavy atom. The largest absolute Gasteiger partial charge is 0.457 e. The molecule has 6 heteroatoms. The molecular formula is C21H22N2O3S. The molecule has 0 aliphatic heterocycles. The summed E-state index contributed by atoms with van der Waals surface area (Å²) in [7, 11) is -3.43. The van der Waals surface area contributed by atoms with Crippen LogP contribution in [0, 0.1) is 0 Å². The third-order valence-corrected chi connectivity index (χ3v) is 5.89. The molecule has 0 N–H and O–H groups in total. The highest BCUT2D eigenvalue weighted by molar-refractivity contribution is 7.92. The summed E-state index contributed by atoms with van der Waals surface area (Å²) in [6.45, 7) is 2.10. The van der Waals surface area contributed by atoms with Gasteiger partial charge in [0.05, 0.1) is 18.0 Å². The van der Waals surface area contributed by atoms with E-state index in [4.69, 9.17) is 4.74 Å². The molecule has 27 heavy (non-hydrogen) atoms. The van der Waals surface area contributed by atoms with Crippen molar-refractivity contribution in [2.24, 2.45) is 0 Å². The molecule has 140 valence electrons. The summed E-state index contributed by atoms with van der Waals surface area (Å²) in [6, 6.07) is 20.2. The molecule has 5 nitrogen and oxygen atoms in total. The average molecular weight is 382 g/mol. The van der Waals surface area contributed by atoms with Crippen molar-refractivity contribution in [1.29, 1.82) is 0 Å². The van der Waals surface area contributed by atoms with Crippen LogP contribution in [0.2, 0.25) is 0 Å². The van der Waals surface area contributed by atoms with Crippen LogP contribution in [0.15, 0.2) is 79.1 Å². The van der Waals surface area contributed by atoms with Crippen molar-refractivity contribution in [1.82, 2.24) is 4.98 Å². The molecule has 3 aromatic rings. The second-order valence-electron chi connectivity index (χ2n) is 6.09. The lowest BCUT2D eigenvalue weighted by atomic mass is 10.2. The number of para-hydroxylation sites is 1. The molecule has 0 aliphatic rings. The number of nitrogens with zero attached hydrogens (tertiary/aromatic N) is 2. The molecule has 3 rings (SSSR count). The molecule has 0 fully saturated rings. The molecule has 2 aromatic carbocycles. The summed E-state index contributed by atoms with van der Waals surface area (Å²) in [5.74, 6) is 1.48. The number of pyridine rings is 1. The van der Waals surface area contributed by atoms with E-state index in [-0.39, 0.29) is 12.3 Å². The van der Waals surface area contributed by atoms with Crippen LogP contribution < -0.4 is 9.04 Å². The molecule has 0 unspecified atom stereocenters. The van der Waals surface area contributed by atoms with Gasteiger partial charge in [0.15, 0.2) is 0 Å². The summed E-state index contributed by atoms with van der Waals surface area (Å²) in [5, 5.41) is 0. The Balaban J connectivity index is 1.85. The van der Waals surface area contributed by atoms with Crippen molar-refractivity contribution < 1.29 is 13.2 Å². The van der Waals surface area contributed by atoms with E-state index in [1.165, 1.54) is 4.31 Å². The molecule has 0 saturated heterocycles. The van der Waals surface area contributed by atoms with Crippen LogP contribution in [0.25, 0.3) is 0 Å². The summed E-state index contributed by atoms with van der Waals surface area (Å²) in [4.78, 5) is 4.08. The van der Waals surface area contributed by atoms with Gasteiger partial charge in [0, 0.05) is 12.4 Å². The average Bonchev–Trinajstić information content (AvgIpc) is 2.68. The molecule has 0 atom stereocenters. The van der Waals surface area contributed by atoms with Gasteiger partial charge >= 0.3 is 0 Å². The van der Waals surface area contributed by atoms with Crippen LogP contribution in [0.5, 0.6) is 11.5 Å². The van der Waals surface area contributed by atoms with Gasteiger partial charge in [-0.15, -0.1) is 0 Å². The highest BCUT2D eigenvalue weighted by Crippen LogP contribution is 2.27. The highest BCUT2D eigenvalue weighted by atomic mass is 32.2. The lowest BCUT2D eigenvalue weighted by Gasteiger charge is -2.24. The first-order valence-electron chi connectivity index (χ1n) is 8.81. The van der Waals surface area contributed by atoms with Gasteiger partial charge in [0.1, 0.15) is 11.5 Å². The normalized spacial score (nSPS) is 11.1. The lowest BCUT2D eigenvalue weighted by Crippen LogP contribution is -2.32. The highest BCUT2D eigenvalue weighted by Gasteiger charge is 2.22. The Morgan fingerprint density at radius 2 is 1.63 bits per heavy atom. The SMILES string of the molecule is CCCS(=O)(=O)N(Cc1cccnc1)c1ccc(Oc2ccccc2)cc1. The maximum absolute atomic E-state index is 12.8. The topological polar surface area (TPSA) is 59.5 Å². The van der Waals surface area contributed by atoms with Crippen LogP contribution in [-0.2, 0) is 16.6 Å². The Kier molecular flexibility index (Phi) is 6.08. The first-order chi connectivity index (χ1) is 13.1. The fraction of sp³-hybridized carbons (Fsp3) is 0.190. The van der Waals surface area contributed by atoms with Gasteiger partial charge < -0.3 is 4.74 Å². The number of anilines is 1. The van der Waals surface area contributed by atoms with E-state index in [1.54, 1.807) is 42.7 Å². The molecule has 0 spiro atoms. The minimum absolute atomic E-state index is 0.0928. The zero-order chi connectivity index (χ0) is 19.1. The third kappa shape index (κ3) is 5.08. The smallest absolute Gasteiger partial charge is 0.235 e. The Morgan fingerprint density at radius 1 is 0.926 bits per heavy atom. The number of benzene rings is 2. The van der Waals surface area contributed by atoms with Gasteiger partial charge in [0.2, 0.25) is 10.0 Å². The third-order valence-electron chi connectivity index (χ3n) is 3.95. The monoisotopic (exact) mass is 382 g/mol. The number of ether oxygens (including phenoxy) is 1. The van der Waals surface area contributed by atoms with Gasteiger partial charge in [-0.25, -0.2) is 8.42 Å². The van der Waals surface area contributed by atoms with Gasteiger partial charge in [0.25, 0.3) is 0 Å². The quantitative estimate of drug-likeness (QED) is 0.570. The Bertz CT molecular complexity index is 944. The Labute approximate surface area is 160 Å². The minimum Gasteiger partial charge on any atom is -0.457 e. The second-order valence-corrected chi connectivity index (χ2v) is 8.11. The summed E-state index contributed by atoms with van der Waals surface area (Å²) < 4.78 is 32.8. The van der Waals surface area contributed by atoms with E-state index in [2.05, 4.69) is 4.98 Å². The van der Waals surface area contributed by atoms with Crippen molar-refractivity contribution in [3.05, 3.63) is 84.7 Å². The van der Waals surface area contributed by atoms with Crippen LogP contribution in [0.4, 0.5) is 5.69 Å².